The summed E-state index contributed by atoms with van der Waals surface area (Å²) in [6.45, 7) is 8.72. The zero-order valence-corrected chi connectivity index (χ0v) is 19.0. The van der Waals surface area contributed by atoms with Crippen molar-refractivity contribution in [1.82, 2.24) is 9.80 Å². The lowest BCUT2D eigenvalue weighted by Gasteiger charge is -2.31. The van der Waals surface area contributed by atoms with E-state index in [9.17, 15) is 9.59 Å². The van der Waals surface area contributed by atoms with E-state index in [1.807, 2.05) is 50.2 Å². The molecule has 5 rings (SSSR count). The summed E-state index contributed by atoms with van der Waals surface area (Å²) in [5.41, 5.74) is 2.56. The largest absolute Gasteiger partial charge is 0.494 e. The molecule has 1 saturated heterocycles. The van der Waals surface area contributed by atoms with Crippen molar-refractivity contribution < 1.29 is 18.7 Å². The maximum absolute atomic E-state index is 13.6. The number of hydrogen-bond donors (Lipinski definition) is 0. The molecule has 1 fully saturated rings. The summed E-state index contributed by atoms with van der Waals surface area (Å²) in [4.78, 5) is 31.2. The summed E-state index contributed by atoms with van der Waals surface area (Å²) in [6, 6.07) is 12.6. The number of morpholine rings is 1. The molecule has 0 bridgehead atoms. The van der Waals surface area contributed by atoms with Crippen LogP contribution in [-0.4, -0.2) is 61.7 Å². The van der Waals surface area contributed by atoms with Crippen LogP contribution in [0.4, 0.5) is 0 Å². The van der Waals surface area contributed by atoms with Crippen molar-refractivity contribution in [2.24, 2.45) is 0 Å². The Kier molecular flexibility index (Phi) is 5.91. The standard InChI is InChI=1S/C26H28N2O5/c1-3-32-19-7-5-18(6-8-19)23-22-24(29)20-16-17(2)4-9-21(20)33-25(22)26(30)28(23)11-10-27-12-14-31-15-13-27/h4-9,16,23H,3,10-15H2,1-2H3. The van der Waals surface area contributed by atoms with Gasteiger partial charge in [-0.25, -0.2) is 0 Å². The van der Waals surface area contributed by atoms with Gasteiger partial charge >= 0.3 is 0 Å². The highest BCUT2D eigenvalue weighted by Crippen LogP contribution is 2.38. The summed E-state index contributed by atoms with van der Waals surface area (Å²) in [5, 5.41) is 0.507. The fourth-order valence-corrected chi connectivity index (χ4v) is 4.70. The first-order valence-corrected chi connectivity index (χ1v) is 11.5. The van der Waals surface area contributed by atoms with E-state index in [-0.39, 0.29) is 17.1 Å². The molecule has 0 saturated carbocycles. The van der Waals surface area contributed by atoms with E-state index in [0.29, 0.717) is 49.4 Å². The maximum Gasteiger partial charge on any atom is 0.290 e. The molecular formula is C26H28N2O5. The summed E-state index contributed by atoms with van der Waals surface area (Å²) in [7, 11) is 0. The zero-order chi connectivity index (χ0) is 22.9. The van der Waals surface area contributed by atoms with Crippen molar-refractivity contribution in [2.75, 3.05) is 46.0 Å². The van der Waals surface area contributed by atoms with Gasteiger partial charge in [0.05, 0.1) is 36.8 Å². The highest BCUT2D eigenvalue weighted by atomic mass is 16.5. The number of hydrogen-bond acceptors (Lipinski definition) is 6. The average molecular weight is 449 g/mol. The number of fused-ring (bicyclic) bond motifs is 2. The van der Waals surface area contributed by atoms with Crippen LogP contribution in [0.15, 0.2) is 51.7 Å². The third kappa shape index (κ3) is 4.03. The van der Waals surface area contributed by atoms with Gasteiger partial charge in [-0.05, 0) is 43.7 Å². The van der Waals surface area contributed by atoms with Gasteiger partial charge in [0.1, 0.15) is 11.3 Å². The molecule has 1 atom stereocenters. The van der Waals surface area contributed by atoms with Gasteiger partial charge in [-0.1, -0.05) is 23.8 Å². The van der Waals surface area contributed by atoms with Crippen LogP contribution in [0.25, 0.3) is 11.0 Å². The van der Waals surface area contributed by atoms with Crippen LogP contribution in [0.2, 0.25) is 0 Å². The highest BCUT2D eigenvalue weighted by Gasteiger charge is 2.42. The van der Waals surface area contributed by atoms with Crippen LogP contribution < -0.4 is 10.2 Å². The molecule has 1 unspecified atom stereocenters. The Hall–Kier alpha value is -3.16. The molecule has 2 aromatic carbocycles. The van der Waals surface area contributed by atoms with Gasteiger partial charge in [0.25, 0.3) is 5.91 Å². The van der Waals surface area contributed by atoms with E-state index in [2.05, 4.69) is 4.90 Å². The van der Waals surface area contributed by atoms with Gasteiger partial charge in [0.2, 0.25) is 5.76 Å². The third-order valence-electron chi connectivity index (χ3n) is 6.39. The quantitative estimate of drug-likeness (QED) is 0.576. The first-order chi connectivity index (χ1) is 16.1. The van der Waals surface area contributed by atoms with Crippen molar-refractivity contribution in [3.63, 3.8) is 0 Å². The molecule has 0 aliphatic carbocycles. The minimum Gasteiger partial charge on any atom is -0.494 e. The number of nitrogens with zero attached hydrogens (tertiary/aromatic N) is 2. The SMILES string of the molecule is CCOc1ccc(C2c3c(oc4ccc(C)cc4c3=O)C(=O)N2CCN2CCOCC2)cc1. The molecular weight excluding hydrogens is 420 g/mol. The van der Waals surface area contributed by atoms with Crippen molar-refractivity contribution >= 4 is 16.9 Å². The number of carbonyl (C=O) groups is 1. The van der Waals surface area contributed by atoms with Crippen molar-refractivity contribution in [3.05, 3.63) is 75.1 Å². The topological polar surface area (TPSA) is 72.2 Å². The summed E-state index contributed by atoms with van der Waals surface area (Å²) in [6.07, 6.45) is 0. The normalized spacial score (nSPS) is 18.7. The first-order valence-electron chi connectivity index (χ1n) is 11.5. The van der Waals surface area contributed by atoms with E-state index in [0.717, 1.165) is 30.0 Å². The first kappa shape index (κ1) is 21.7. The van der Waals surface area contributed by atoms with Gasteiger partial charge in [0.15, 0.2) is 5.43 Å². The minimum absolute atomic E-state index is 0.143. The molecule has 0 radical (unpaired) electrons. The Morgan fingerprint density at radius 1 is 1.03 bits per heavy atom. The second-order valence-electron chi connectivity index (χ2n) is 8.53. The van der Waals surface area contributed by atoms with Crippen LogP contribution in [0.3, 0.4) is 0 Å². The van der Waals surface area contributed by atoms with Crippen LogP contribution in [0, 0.1) is 6.92 Å². The molecule has 0 N–H and O–H groups in total. The van der Waals surface area contributed by atoms with Crippen LogP contribution in [0.5, 0.6) is 5.75 Å². The Morgan fingerprint density at radius 3 is 2.52 bits per heavy atom. The molecule has 3 heterocycles. The molecule has 3 aromatic rings. The molecule has 0 spiro atoms. The van der Waals surface area contributed by atoms with Gasteiger partial charge < -0.3 is 18.8 Å². The number of ether oxygens (including phenoxy) is 2. The van der Waals surface area contributed by atoms with Crippen LogP contribution >= 0.6 is 0 Å². The predicted octanol–water partition coefficient (Wildman–Crippen LogP) is 3.38. The average Bonchev–Trinajstić information content (AvgIpc) is 3.11. The summed E-state index contributed by atoms with van der Waals surface area (Å²) < 4.78 is 17.1. The summed E-state index contributed by atoms with van der Waals surface area (Å²) in [5.74, 6) is 0.667. The number of benzene rings is 2. The highest BCUT2D eigenvalue weighted by molar-refractivity contribution is 5.99. The number of aryl methyl sites for hydroxylation is 1. The Balaban J connectivity index is 1.58. The van der Waals surface area contributed by atoms with Crippen molar-refractivity contribution in [3.8, 4) is 5.75 Å². The van der Waals surface area contributed by atoms with Crippen LogP contribution in [0.1, 0.15) is 40.2 Å². The fourth-order valence-electron chi connectivity index (χ4n) is 4.70. The fraction of sp³-hybridized carbons (Fsp3) is 0.385. The lowest BCUT2D eigenvalue weighted by molar-refractivity contribution is 0.0314. The van der Waals surface area contributed by atoms with E-state index < -0.39 is 6.04 Å². The molecule has 2 aliphatic heterocycles. The van der Waals surface area contributed by atoms with Gasteiger partial charge in [-0.15, -0.1) is 0 Å². The second kappa shape index (κ2) is 9.00. The lowest BCUT2D eigenvalue weighted by atomic mass is 9.98. The maximum atomic E-state index is 13.6. The number of amides is 1. The van der Waals surface area contributed by atoms with E-state index in [1.54, 1.807) is 11.0 Å². The lowest BCUT2D eigenvalue weighted by Crippen LogP contribution is -2.42. The molecule has 1 aromatic heterocycles. The molecule has 2 aliphatic rings. The third-order valence-corrected chi connectivity index (χ3v) is 6.39. The Labute approximate surface area is 192 Å². The van der Waals surface area contributed by atoms with Gasteiger partial charge in [-0.3, -0.25) is 14.5 Å². The molecule has 1 amide bonds. The van der Waals surface area contributed by atoms with Gasteiger partial charge in [0, 0.05) is 26.2 Å². The number of carbonyl (C=O) groups excluding carboxylic acids is 1. The van der Waals surface area contributed by atoms with E-state index in [1.165, 1.54) is 0 Å². The predicted molar refractivity (Wildman–Crippen MR) is 125 cm³/mol. The zero-order valence-electron chi connectivity index (χ0n) is 19.0. The smallest absolute Gasteiger partial charge is 0.290 e. The van der Waals surface area contributed by atoms with E-state index in [4.69, 9.17) is 13.9 Å². The molecule has 172 valence electrons. The molecule has 7 heteroatoms. The monoisotopic (exact) mass is 448 g/mol. The second-order valence-corrected chi connectivity index (χ2v) is 8.53. The van der Waals surface area contributed by atoms with Crippen LogP contribution in [-0.2, 0) is 4.74 Å². The van der Waals surface area contributed by atoms with Crippen molar-refractivity contribution in [2.45, 2.75) is 19.9 Å². The van der Waals surface area contributed by atoms with Gasteiger partial charge in [-0.2, -0.15) is 0 Å². The van der Waals surface area contributed by atoms with Crippen molar-refractivity contribution in [1.29, 1.82) is 0 Å². The Morgan fingerprint density at radius 2 is 1.79 bits per heavy atom. The summed E-state index contributed by atoms with van der Waals surface area (Å²) >= 11 is 0. The van der Waals surface area contributed by atoms with E-state index >= 15 is 0 Å². The molecule has 7 nitrogen and oxygen atoms in total. The number of rotatable bonds is 6. The Bertz CT molecular complexity index is 1230. The molecule has 33 heavy (non-hydrogen) atoms. The minimum atomic E-state index is -0.495.